The molecule has 0 aliphatic carbocycles. The minimum Gasteiger partial charge on any atom is -0.396 e. The lowest BCUT2D eigenvalue weighted by Crippen LogP contribution is -2.42. The molecule has 1 aliphatic rings. The number of hydrogen-bond donors (Lipinski definition) is 1. The Bertz CT molecular complexity index is 169. The van der Waals surface area contributed by atoms with Crippen LogP contribution in [0.2, 0.25) is 0 Å². The molecule has 0 amide bonds. The van der Waals surface area contributed by atoms with Crippen molar-refractivity contribution in [1.82, 2.24) is 4.90 Å². The first-order chi connectivity index (χ1) is 7.13. The first-order valence-corrected chi connectivity index (χ1v) is 6.46. The largest absolute Gasteiger partial charge is 0.396 e. The van der Waals surface area contributed by atoms with Crippen molar-refractivity contribution in [3.05, 3.63) is 0 Å². The van der Waals surface area contributed by atoms with Crippen molar-refractivity contribution in [2.45, 2.75) is 46.5 Å². The lowest BCUT2D eigenvalue weighted by Gasteiger charge is -2.39. The fourth-order valence-electron chi connectivity index (χ4n) is 2.35. The highest BCUT2D eigenvalue weighted by Crippen LogP contribution is 2.30. The monoisotopic (exact) mass is 213 g/mol. The topological polar surface area (TPSA) is 23.5 Å². The summed E-state index contributed by atoms with van der Waals surface area (Å²) in [5, 5.41) is 9.29. The summed E-state index contributed by atoms with van der Waals surface area (Å²) in [7, 11) is 0. The van der Waals surface area contributed by atoms with E-state index in [0.717, 1.165) is 18.8 Å². The highest BCUT2D eigenvalue weighted by molar-refractivity contribution is 4.82. The average Bonchev–Trinajstić information content (AvgIpc) is 2.28. The Labute approximate surface area is 94.7 Å². The van der Waals surface area contributed by atoms with E-state index >= 15 is 0 Å². The molecule has 1 rings (SSSR count). The van der Waals surface area contributed by atoms with Crippen molar-refractivity contribution < 1.29 is 5.11 Å². The molecule has 1 heterocycles. The van der Waals surface area contributed by atoms with E-state index in [9.17, 15) is 5.11 Å². The van der Waals surface area contributed by atoms with Crippen molar-refractivity contribution in [3.63, 3.8) is 0 Å². The number of piperidine rings is 1. The van der Waals surface area contributed by atoms with Crippen LogP contribution >= 0.6 is 0 Å². The lowest BCUT2D eigenvalue weighted by molar-refractivity contribution is 0.0517. The molecular weight excluding hydrogens is 186 g/mol. The maximum absolute atomic E-state index is 9.29. The van der Waals surface area contributed by atoms with E-state index in [1.165, 1.54) is 32.5 Å². The van der Waals surface area contributed by atoms with Crippen LogP contribution in [0.1, 0.15) is 46.5 Å². The molecule has 90 valence electrons. The zero-order valence-corrected chi connectivity index (χ0v) is 10.6. The van der Waals surface area contributed by atoms with Crippen LogP contribution in [0.15, 0.2) is 0 Å². The van der Waals surface area contributed by atoms with Gasteiger partial charge in [-0.15, -0.1) is 0 Å². The predicted octanol–water partition coefficient (Wildman–Crippen LogP) is 2.52. The van der Waals surface area contributed by atoms with Gasteiger partial charge in [-0.1, -0.05) is 33.6 Å². The SMILES string of the molecule is CCC(CC)CN1CCC(C)(CO)CC1. The quantitative estimate of drug-likeness (QED) is 0.758. The minimum absolute atomic E-state index is 0.199. The second-order valence-electron chi connectivity index (χ2n) is 5.45. The third-order valence-electron chi connectivity index (χ3n) is 4.12. The fraction of sp³-hybridized carbons (Fsp3) is 1.00. The van der Waals surface area contributed by atoms with Gasteiger partial charge in [-0.25, -0.2) is 0 Å². The summed E-state index contributed by atoms with van der Waals surface area (Å²) in [6, 6.07) is 0. The zero-order valence-electron chi connectivity index (χ0n) is 10.6. The van der Waals surface area contributed by atoms with Crippen LogP contribution in [0, 0.1) is 11.3 Å². The molecule has 0 radical (unpaired) electrons. The summed E-state index contributed by atoms with van der Waals surface area (Å²) in [4.78, 5) is 2.58. The van der Waals surface area contributed by atoms with Gasteiger partial charge in [0.2, 0.25) is 0 Å². The summed E-state index contributed by atoms with van der Waals surface area (Å²) in [6.45, 7) is 10.7. The van der Waals surface area contributed by atoms with E-state index in [1.807, 2.05) is 0 Å². The fourth-order valence-corrected chi connectivity index (χ4v) is 2.35. The van der Waals surface area contributed by atoms with Crippen LogP contribution in [0.4, 0.5) is 0 Å². The predicted molar refractivity (Wildman–Crippen MR) is 64.9 cm³/mol. The normalized spacial score (nSPS) is 22.2. The van der Waals surface area contributed by atoms with Crippen molar-refractivity contribution in [1.29, 1.82) is 0 Å². The molecule has 0 aromatic carbocycles. The zero-order chi connectivity index (χ0) is 11.3. The number of rotatable bonds is 5. The van der Waals surface area contributed by atoms with Crippen LogP contribution in [0.5, 0.6) is 0 Å². The van der Waals surface area contributed by atoms with Gasteiger partial charge >= 0.3 is 0 Å². The second-order valence-corrected chi connectivity index (χ2v) is 5.45. The van der Waals surface area contributed by atoms with Gasteiger partial charge in [-0.2, -0.15) is 0 Å². The van der Waals surface area contributed by atoms with E-state index in [1.54, 1.807) is 0 Å². The highest BCUT2D eigenvalue weighted by atomic mass is 16.3. The van der Waals surface area contributed by atoms with Gasteiger partial charge in [0.25, 0.3) is 0 Å². The van der Waals surface area contributed by atoms with Crippen LogP contribution in [0.3, 0.4) is 0 Å². The van der Waals surface area contributed by atoms with E-state index in [2.05, 4.69) is 25.7 Å². The Hall–Kier alpha value is -0.0800. The van der Waals surface area contributed by atoms with Crippen molar-refractivity contribution in [3.8, 4) is 0 Å². The van der Waals surface area contributed by atoms with Gasteiger partial charge in [-0.05, 0) is 37.3 Å². The minimum atomic E-state index is 0.199. The van der Waals surface area contributed by atoms with Gasteiger partial charge in [0.15, 0.2) is 0 Å². The van der Waals surface area contributed by atoms with Crippen LogP contribution in [-0.2, 0) is 0 Å². The van der Waals surface area contributed by atoms with E-state index < -0.39 is 0 Å². The molecule has 0 aromatic heterocycles. The number of hydrogen-bond acceptors (Lipinski definition) is 2. The van der Waals surface area contributed by atoms with Crippen LogP contribution < -0.4 is 0 Å². The summed E-state index contributed by atoms with van der Waals surface area (Å²) < 4.78 is 0. The molecular formula is C13H27NO. The van der Waals surface area contributed by atoms with Crippen LogP contribution in [-0.4, -0.2) is 36.2 Å². The Kier molecular flexibility index (Phi) is 5.07. The third kappa shape index (κ3) is 3.76. The van der Waals surface area contributed by atoms with E-state index in [-0.39, 0.29) is 5.41 Å². The molecule has 15 heavy (non-hydrogen) atoms. The summed E-state index contributed by atoms with van der Waals surface area (Å²) >= 11 is 0. The number of likely N-dealkylation sites (tertiary alicyclic amines) is 1. The van der Waals surface area contributed by atoms with Crippen LogP contribution in [0.25, 0.3) is 0 Å². The molecule has 0 atom stereocenters. The molecule has 0 aromatic rings. The Balaban J connectivity index is 2.31. The molecule has 0 unspecified atom stereocenters. The van der Waals surface area contributed by atoms with Gasteiger partial charge in [-0.3, -0.25) is 0 Å². The molecule has 0 saturated carbocycles. The lowest BCUT2D eigenvalue weighted by atomic mass is 9.81. The first kappa shape index (κ1) is 13.0. The number of nitrogens with zero attached hydrogens (tertiary/aromatic N) is 1. The molecule has 1 fully saturated rings. The smallest absolute Gasteiger partial charge is 0.0485 e. The molecule has 0 bridgehead atoms. The summed E-state index contributed by atoms with van der Waals surface area (Å²) in [6.07, 6.45) is 4.90. The maximum atomic E-state index is 9.29. The van der Waals surface area contributed by atoms with Gasteiger partial charge < -0.3 is 10.0 Å². The van der Waals surface area contributed by atoms with Crippen molar-refractivity contribution >= 4 is 0 Å². The molecule has 0 spiro atoms. The Morgan fingerprint density at radius 1 is 1.20 bits per heavy atom. The average molecular weight is 213 g/mol. The molecule has 1 saturated heterocycles. The molecule has 1 aliphatic heterocycles. The van der Waals surface area contributed by atoms with Crippen molar-refractivity contribution in [2.75, 3.05) is 26.2 Å². The van der Waals surface area contributed by atoms with Crippen molar-refractivity contribution in [2.24, 2.45) is 11.3 Å². The third-order valence-corrected chi connectivity index (χ3v) is 4.12. The summed E-state index contributed by atoms with van der Waals surface area (Å²) in [5.41, 5.74) is 0.199. The van der Waals surface area contributed by atoms with Gasteiger partial charge in [0.1, 0.15) is 0 Å². The standard InChI is InChI=1S/C13H27NO/c1-4-12(5-2)10-14-8-6-13(3,11-15)7-9-14/h12,15H,4-11H2,1-3H3. The highest BCUT2D eigenvalue weighted by Gasteiger charge is 2.29. The maximum Gasteiger partial charge on any atom is 0.0485 e. The number of aliphatic hydroxyl groups is 1. The Morgan fingerprint density at radius 2 is 1.73 bits per heavy atom. The summed E-state index contributed by atoms with van der Waals surface area (Å²) in [5.74, 6) is 0.864. The van der Waals surface area contributed by atoms with Gasteiger partial charge in [0, 0.05) is 13.2 Å². The Morgan fingerprint density at radius 3 is 2.13 bits per heavy atom. The molecule has 2 heteroatoms. The molecule has 1 N–H and O–H groups in total. The second kappa shape index (κ2) is 5.86. The first-order valence-electron chi connectivity index (χ1n) is 6.46. The van der Waals surface area contributed by atoms with E-state index in [4.69, 9.17) is 0 Å². The van der Waals surface area contributed by atoms with Gasteiger partial charge in [0.05, 0.1) is 0 Å². The molecule has 2 nitrogen and oxygen atoms in total. The number of aliphatic hydroxyl groups excluding tert-OH is 1. The van der Waals surface area contributed by atoms with E-state index in [0.29, 0.717) is 6.61 Å².